The minimum Gasteiger partial charge on any atom is -0.467 e. The summed E-state index contributed by atoms with van der Waals surface area (Å²) in [5.74, 6) is -1.53. The molecule has 14 heteroatoms. The molecule has 3 amide bonds. The largest absolute Gasteiger partial charge is 0.467 e. The first-order valence-electron chi connectivity index (χ1n) is 12.8. The zero-order chi connectivity index (χ0) is 31.7. The quantitative estimate of drug-likeness (QED) is 0.198. The molecule has 0 spiro atoms. The van der Waals surface area contributed by atoms with E-state index in [1.807, 2.05) is 0 Å². The van der Waals surface area contributed by atoms with Crippen LogP contribution in [0.15, 0.2) is 0 Å². The highest BCUT2D eigenvalue weighted by molar-refractivity contribution is 5.84. The van der Waals surface area contributed by atoms with Gasteiger partial charge in [-0.1, -0.05) is 6.92 Å². The Morgan fingerprint density at radius 3 is 1.38 bits per heavy atom. The van der Waals surface area contributed by atoms with E-state index in [1.165, 1.54) is 28.4 Å². The monoisotopic (exact) mass is 577 g/mol. The predicted octanol–water partition coefficient (Wildman–Crippen LogP) is 2.66. The second kappa shape index (κ2) is 18.8. The van der Waals surface area contributed by atoms with Crippen molar-refractivity contribution in [3.8, 4) is 0 Å². The van der Waals surface area contributed by atoms with Crippen LogP contribution < -0.4 is 10.6 Å². The fourth-order valence-electron chi connectivity index (χ4n) is 2.69. The van der Waals surface area contributed by atoms with E-state index in [2.05, 4.69) is 20.1 Å². The molecule has 0 saturated carbocycles. The molecule has 0 aromatic carbocycles. The molecule has 0 radical (unpaired) electrons. The maximum absolute atomic E-state index is 11.7. The lowest BCUT2D eigenvalue weighted by molar-refractivity contribution is -0.169. The number of esters is 2. The van der Waals surface area contributed by atoms with Crippen LogP contribution in [0.4, 0.5) is 9.59 Å². The van der Waals surface area contributed by atoms with Gasteiger partial charge in [-0.25, -0.2) is 24.2 Å². The lowest BCUT2D eigenvalue weighted by atomic mass is 10.1. The van der Waals surface area contributed by atoms with Gasteiger partial charge in [-0.15, -0.1) is 0 Å². The molecule has 2 N–H and O–H groups in total. The van der Waals surface area contributed by atoms with Crippen molar-refractivity contribution in [1.82, 2.24) is 15.7 Å². The van der Waals surface area contributed by atoms with Gasteiger partial charge in [-0.2, -0.15) is 0 Å². The number of rotatable bonds is 12. The van der Waals surface area contributed by atoms with Crippen molar-refractivity contribution < 1.29 is 52.6 Å². The van der Waals surface area contributed by atoms with Crippen LogP contribution in [-0.2, 0) is 43.0 Å². The third kappa shape index (κ3) is 19.6. The summed E-state index contributed by atoms with van der Waals surface area (Å²) in [5, 5.41) is 5.85. The molecule has 0 aliphatic heterocycles. The number of nitrogens with one attached hydrogen (secondary N) is 2. The molecule has 232 valence electrons. The second-order valence-corrected chi connectivity index (χ2v) is 10.5. The number of carbonyl (C=O) groups excluding carboxylic acids is 6. The van der Waals surface area contributed by atoms with E-state index in [-0.39, 0.29) is 37.4 Å². The number of alkyl carbamates (subject to hydrolysis) is 2. The third-order valence-corrected chi connectivity index (χ3v) is 4.73. The van der Waals surface area contributed by atoms with Crippen LogP contribution in [0.1, 0.15) is 80.6 Å². The molecule has 0 saturated heterocycles. The molecule has 0 bridgehead atoms. The molecule has 0 rings (SSSR count). The first-order chi connectivity index (χ1) is 18.3. The minimum atomic E-state index is -0.959. The number of hydroxylamine groups is 2. The van der Waals surface area contributed by atoms with E-state index >= 15 is 0 Å². The van der Waals surface area contributed by atoms with Gasteiger partial charge in [0.05, 0.1) is 21.3 Å². The van der Waals surface area contributed by atoms with Gasteiger partial charge in [0, 0.05) is 26.3 Å². The van der Waals surface area contributed by atoms with Crippen LogP contribution in [0, 0.1) is 0 Å². The average molecular weight is 578 g/mol. The van der Waals surface area contributed by atoms with Gasteiger partial charge in [-0.3, -0.25) is 14.4 Å². The first kappa shape index (κ1) is 38.7. The number of methoxy groups -OCH3 is 2. The van der Waals surface area contributed by atoms with Gasteiger partial charge >= 0.3 is 24.1 Å². The zero-order valence-electron chi connectivity index (χ0n) is 25.6. The normalized spacial score (nSPS) is 12.4. The maximum Gasteiger partial charge on any atom is 0.408 e. The summed E-state index contributed by atoms with van der Waals surface area (Å²) in [7, 11) is 5.24. The van der Waals surface area contributed by atoms with Crippen molar-refractivity contribution in [2.24, 2.45) is 0 Å². The van der Waals surface area contributed by atoms with E-state index in [1.54, 1.807) is 48.5 Å². The summed E-state index contributed by atoms with van der Waals surface area (Å²) in [6.45, 7) is 12.0. The first-order valence-corrected chi connectivity index (χ1v) is 12.8. The number of Topliss-reactive ketones (excluding diaryl/α,β-unsaturated/α-hetero) is 1. The SMILES string of the molecule is CCC(=O)CC[C@H](NC(=O)OC(C)(C)C)C(=O)OC.COC(=O)[C@H](CCC(=O)N(C)OC)NC(=O)OC(C)(C)C. The number of amides is 3. The highest BCUT2D eigenvalue weighted by atomic mass is 16.7. The van der Waals surface area contributed by atoms with Gasteiger partial charge in [0.25, 0.3) is 0 Å². The molecule has 0 aliphatic rings. The lowest BCUT2D eigenvalue weighted by Gasteiger charge is -2.22. The highest BCUT2D eigenvalue weighted by Gasteiger charge is 2.27. The number of hydrogen-bond donors (Lipinski definition) is 2. The number of carbonyl (C=O) groups is 6. The lowest BCUT2D eigenvalue weighted by Crippen LogP contribution is -2.44. The number of ketones is 1. The molecular weight excluding hydrogens is 530 g/mol. The molecule has 0 aromatic heterocycles. The van der Waals surface area contributed by atoms with Gasteiger partial charge < -0.3 is 29.6 Å². The van der Waals surface area contributed by atoms with Crippen molar-refractivity contribution in [3.63, 3.8) is 0 Å². The van der Waals surface area contributed by atoms with Gasteiger partial charge in [0.15, 0.2) is 0 Å². The highest BCUT2D eigenvalue weighted by Crippen LogP contribution is 2.10. The maximum atomic E-state index is 11.7. The van der Waals surface area contributed by atoms with Crippen molar-refractivity contribution in [1.29, 1.82) is 0 Å². The van der Waals surface area contributed by atoms with Gasteiger partial charge in [-0.05, 0) is 54.4 Å². The summed E-state index contributed by atoms with van der Waals surface area (Å²) in [5.41, 5.74) is -1.33. The Morgan fingerprint density at radius 1 is 0.700 bits per heavy atom. The van der Waals surface area contributed by atoms with Gasteiger partial charge in [0.1, 0.15) is 29.1 Å². The van der Waals surface area contributed by atoms with Gasteiger partial charge in [0.2, 0.25) is 5.91 Å². The Hall–Kier alpha value is -3.42. The summed E-state index contributed by atoms with van der Waals surface area (Å²) in [6.07, 6.45) is -0.527. The second-order valence-electron chi connectivity index (χ2n) is 10.5. The smallest absolute Gasteiger partial charge is 0.408 e. The summed E-state index contributed by atoms with van der Waals surface area (Å²) in [6, 6.07) is -1.82. The molecule has 40 heavy (non-hydrogen) atoms. The molecule has 0 fully saturated rings. The molecule has 2 atom stereocenters. The van der Waals surface area contributed by atoms with Crippen LogP contribution in [-0.4, -0.2) is 92.5 Å². The van der Waals surface area contributed by atoms with E-state index in [4.69, 9.17) is 14.3 Å². The Kier molecular flexibility index (Phi) is 18.2. The summed E-state index contributed by atoms with van der Waals surface area (Å²) >= 11 is 0. The van der Waals surface area contributed by atoms with Crippen LogP contribution in [0.5, 0.6) is 0 Å². The van der Waals surface area contributed by atoms with Crippen LogP contribution in [0.25, 0.3) is 0 Å². The van der Waals surface area contributed by atoms with E-state index in [0.29, 0.717) is 6.42 Å². The van der Waals surface area contributed by atoms with E-state index in [9.17, 15) is 28.8 Å². The van der Waals surface area contributed by atoms with Crippen LogP contribution >= 0.6 is 0 Å². The molecule has 0 heterocycles. The molecular formula is C26H47N3O11. The third-order valence-electron chi connectivity index (χ3n) is 4.73. The molecule has 14 nitrogen and oxygen atoms in total. The summed E-state index contributed by atoms with van der Waals surface area (Å²) < 4.78 is 19.3. The van der Waals surface area contributed by atoms with Crippen molar-refractivity contribution in [3.05, 3.63) is 0 Å². The number of nitrogens with zero attached hydrogens (tertiary/aromatic N) is 1. The number of ether oxygens (including phenoxy) is 4. The number of hydrogen-bond acceptors (Lipinski definition) is 11. The fourth-order valence-corrected chi connectivity index (χ4v) is 2.69. The van der Waals surface area contributed by atoms with Crippen LogP contribution in [0.3, 0.4) is 0 Å². The Morgan fingerprint density at radius 2 is 1.07 bits per heavy atom. The van der Waals surface area contributed by atoms with E-state index in [0.717, 1.165) is 5.06 Å². The van der Waals surface area contributed by atoms with Crippen molar-refractivity contribution in [2.45, 2.75) is 104 Å². The molecule has 0 aromatic rings. The van der Waals surface area contributed by atoms with Crippen molar-refractivity contribution in [2.75, 3.05) is 28.4 Å². The molecule has 0 unspecified atom stereocenters. The summed E-state index contributed by atoms with van der Waals surface area (Å²) in [4.78, 5) is 74.0. The van der Waals surface area contributed by atoms with E-state index < -0.39 is 47.4 Å². The minimum absolute atomic E-state index is 0.0138. The zero-order valence-corrected chi connectivity index (χ0v) is 25.6. The fraction of sp³-hybridized carbons (Fsp3) is 0.769. The topological polar surface area (TPSA) is 176 Å². The Bertz CT molecular complexity index is 848. The Labute approximate surface area is 236 Å². The average Bonchev–Trinajstić information content (AvgIpc) is 2.84. The predicted molar refractivity (Wildman–Crippen MR) is 144 cm³/mol. The Balaban J connectivity index is 0. The standard InChI is InChI=1S/C13H24N2O6.C13H23NO5/c1-13(2,3)21-12(18)14-9(11(17)19-5)7-8-10(16)15(4)20-6;1-6-9(15)7-8-10(11(16)18-5)14-12(17)19-13(2,3)4/h9H,7-8H2,1-6H3,(H,14,18);10H,6-8H2,1-5H3,(H,14,17)/t9-;10-/m00/s1. The van der Waals surface area contributed by atoms with Crippen molar-refractivity contribution >= 4 is 35.8 Å². The molecule has 0 aliphatic carbocycles. The van der Waals surface area contributed by atoms with Crippen LogP contribution in [0.2, 0.25) is 0 Å².